The van der Waals surface area contributed by atoms with Crippen molar-refractivity contribution in [3.05, 3.63) is 35.4 Å². The SMILES string of the molecule is CNC(Cc1cccc(C)c1)CC1CCS(=O)(=O)C1. The van der Waals surface area contributed by atoms with E-state index in [9.17, 15) is 8.42 Å². The van der Waals surface area contributed by atoms with Crippen LogP contribution in [0.1, 0.15) is 24.0 Å². The van der Waals surface area contributed by atoms with Gasteiger partial charge >= 0.3 is 0 Å². The van der Waals surface area contributed by atoms with Crippen molar-refractivity contribution in [2.45, 2.75) is 32.2 Å². The molecule has 1 fully saturated rings. The lowest BCUT2D eigenvalue weighted by Gasteiger charge is -2.19. The third-order valence-corrected chi connectivity index (χ3v) is 5.75. The Balaban J connectivity index is 1.94. The van der Waals surface area contributed by atoms with E-state index in [1.165, 1.54) is 11.1 Å². The topological polar surface area (TPSA) is 46.2 Å². The van der Waals surface area contributed by atoms with Crippen LogP contribution in [0.4, 0.5) is 0 Å². The van der Waals surface area contributed by atoms with Crippen LogP contribution < -0.4 is 5.32 Å². The molecule has 1 saturated heterocycles. The summed E-state index contributed by atoms with van der Waals surface area (Å²) >= 11 is 0. The molecule has 0 bridgehead atoms. The summed E-state index contributed by atoms with van der Waals surface area (Å²) in [4.78, 5) is 0. The quantitative estimate of drug-likeness (QED) is 0.897. The molecule has 1 heterocycles. The summed E-state index contributed by atoms with van der Waals surface area (Å²) in [5.41, 5.74) is 2.59. The molecule has 2 rings (SSSR count). The summed E-state index contributed by atoms with van der Waals surface area (Å²) in [6.07, 6.45) is 2.74. The van der Waals surface area contributed by atoms with Gasteiger partial charge in [-0.15, -0.1) is 0 Å². The van der Waals surface area contributed by atoms with E-state index in [2.05, 4.69) is 36.5 Å². The van der Waals surface area contributed by atoms with Gasteiger partial charge in [-0.1, -0.05) is 29.8 Å². The Morgan fingerprint density at radius 1 is 1.42 bits per heavy atom. The molecule has 2 unspecified atom stereocenters. The molecular formula is C15H23NO2S. The van der Waals surface area contributed by atoms with Crippen LogP contribution in [0.5, 0.6) is 0 Å². The predicted molar refractivity (Wildman–Crippen MR) is 79.1 cm³/mol. The van der Waals surface area contributed by atoms with Crippen LogP contribution in [0.15, 0.2) is 24.3 Å². The minimum Gasteiger partial charge on any atom is -0.317 e. The zero-order valence-corrected chi connectivity index (χ0v) is 12.5. The van der Waals surface area contributed by atoms with Gasteiger partial charge in [-0.05, 0) is 44.7 Å². The van der Waals surface area contributed by atoms with Crippen LogP contribution in [0.2, 0.25) is 0 Å². The Kier molecular flexibility index (Phi) is 4.63. The molecule has 1 aromatic carbocycles. The molecule has 4 heteroatoms. The standard InChI is InChI=1S/C15H23NO2S/c1-12-4-3-5-13(8-12)9-15(16-2)10-14-6-7-19(17,18)11-14/h3-5,8,14-16H,6-7,9-11H2,1-2H3. The average Bonchev–Trinajstić information content (AvgIpc) is 2.68. The Morgan fingerprint density at radius 3 is 2.79 bits per heavy atom. The van der Waals surface area contributed by atoms with E-state index in [1.807, 2.05) is 7.05 Å². The molecule has 19 heavy (non-hydrogen) atoms. The second kappa shape index (κ2) is 6.06. The molecule has 1 aromatic rings. The molecule has 0 amide bonds. The number of likely N-dealkylation sites (N-methyl/N-ethyl adjacent to an activating group) is 1. The molecule has 0 spiro atoms. The Hall–Kier alpha value is -0.870. The Labute approximate surface area is 116 Å². The highest BCUT2D eigenvalue weighted by molar-refractivity contribution is 7.91. The fourth-order valence-electron chi connectivity index (χ4n) is 2.89. The maximum absolute atomic E-state index is 11.5. The number of rotatable bonds is 5. The van der Waals surface area contributed by atoms with E-state index in [4.69, 9.17) is 0 Å². The summed E-state index contributed by atoms with van der Waals surface area (Å²) in [6, 6.07) is 8.89. The summed E-state index contributed by atoms with van der Waals surface area (Å²) < 4.78 is 23.0. The van der Waals surface area contributed by atoms with E-state index in [0.29, 0.717) is 23.5 Å². The van der Waals surface area contributed by atoms with E-state index in [1.54, 1.807) is 0 Å². The maximum Gasteiger partial charge on any atom is 0.150 e. The third-order valence-electron chi connectivity index (χ3n) is 3.92. The van der Waals surface area contributed by atoms with Gasteiger partial charge < -0.3 is 5.32 Å². The highest BCUT2D eigenvalue weighted by Crippen LogP contribution is 2.24. The van der Waals surface area contributed by atoms with Crippen LogP contribution in [-0.2, 0) is 16.3 Å². The molecule has 1 N–H and O–H groups in total. The molecule has 0 radical (unpaired) electrons. The molecule has 0 aliphatic carbocycles. The van der Waals surface area contributed by atoms with Gasteiger partial charge in [-0.25, -0.2) is 8.42 Å². The lowest BCUT2D eigenvalue weighted by atomic mass is 9.94. The number of aryl methyl sites for hydroxylation is 1. The van der Waals surface area contributed by atoms with Crippen LogP contribution in [0.3, 0.4) is 0 Å². The van der Waals surface area contributed by atoms with Crippen molar-refractivity contribution in [1.29, 1.82) is 0 Å². The van der Waals surface area contributed by atoms with Crippen LogP contribution >= 0.6 is 0 Å². The van der Waals surface area contributed by atoms with Crippen LogP contribution in [0.25, 0.3) is 0 Å². The van der Waals surface area contributed by atoms with Gasteiger partial charge in [0, 0.05) is 6.04 Å². The normalized spacial score (nSPS) is 23.4. The summed E-state index contributed by atoms with van der Waals surface area (Å²) in [5.74, 6) is 1.07. The van der Waals surface area contributed by atoms with Gasteiger partial charge in [0.1, 0.15) is 0 Å². The first-order valence-corrected chi connectivity index (χ1v) is 8.74. The van der Waals surface area contributed by atoms with E-state index >= 15 is 0 Å². The summed E-state index contributed by atoms with van der Waals surface area (Å²) in [6.45, 7) is 2.10. The van der Waals surface area contributed by atoms with Gasteiger partial charge in [-0.2, -0.15) is 0 Å². The van der Waals surface area contributed by atoms with Crippen LogP contribution in [0, 0.1) is 12.8 Å². The molecule has 0 saturated carbocycles. The van der Waals surface area contributed by atoms with Gasteiger partial charge in [-0.3, -0.25) is 0 Å². The van der Waals surface area contributed by atoms with Crippen molar-refractivity contribution >= 4 is 9.84 Å². The van der Waals surface area contributed by atoms with Crippen molar-refractivity contribution < 1.29 is 8.42 Å². The van der Waals surface area contributed by atoms with E-state index in [-0.39, 0.29) is 0 Å². The van der Waals surface area contributed by atoms with Gasteiger partial charge in [0.25, 0.3) is 0 Å². The average molecular weight is 281 g/mol. The molecular weight excluding hydrogens is 258 g/mol. The molecule has 0 aromatic heterocycles. The summed E-state index contributed by atoms with van der Waals surface area (Å²) in [5, 5.41) is 3.33. The minimum absolute atomic E-state index is 0.326. The lowest BCUT2D eigenvalue weighted by Crippen LogP contribution is -2.30. The van der Waals surface area contributed by atoms with Crippen molar-refractivity contribution in [3.8, 4) is 0 Å². The second-order valence-electron chi connectivity index (χ2n) is 5.68. The van der Waals surface area contributed by atoms with Crippen LogP contribution in [-0.4, -0.2) is 33.0 Å². The molecule has 1 aliphatic rings. The number of sulfone groups is 1. The van der Waals surface area contributed by atoms with Gasteiger partial charge in [0.15, 0.2) is 9.84 Å². The molecule has 2 atom stereocenters. The zero-order valence-electron chi connectivity index (χ0n) is 11.7. The Morgan fingerprint density at radius 2 is 2.21 bits per heavy atom. The van der Waals surface area contributed by atoms with Crippen molar-refractivity contribution in [2.75, 3.05) is 18.6 Å². The molecule has 1 aliphatic heterocycles. The third kappa shape index (κ3) is 4.32. The number of benzene rings is 1. The first-order chi connectivity index (χ1) is 8.98. The maximum atomic E-state index is 11.5. The summed E-state index contributed by atoms with van der Waals surface area (Å²) in [7, 11) is -0.794. The fraction of sp³-hybridized carbons (Fsp3) is 0.600. The van der Waals surface area contributed by atoms with Gasteiger partial charge in [0.2, 0.25) is 0 Å². The number of hydrogen-bond acceptors (Lipinski definition) is 3. The smallest absolute Gasteiger partial charge is 0.150 e. The lowest BCUT2D eigenvalue weighted by molar-refractivity contribution is 0.424. The fourth-order valence-corrected chi connectivity index (χ4v) is 4.77. The highest BCUT2D eigenvalue weighted by atomic mass is 32.2. The molecule has 106 valence electrons. The van der Waals surface area contributed by atoms with Crippen molar-refractivity contribution in [1.82, 2.24) is 5.32 Å². The largest absolute Gasteiger partial charge is 0.317 e. The van der Waals surface area contributed by atoms with E-state index in [0.717, 1.165) is 19.3 Å². The first kappa shape index (κ1) is 14.5. The monoisotopic (exact) mass is 281 g/mol. The Bertz CT molecular complexity index is 525. The second-order valence-corrected chi connectivity index (χ2v) is 7.91. The van der Waals surface area contributed by atoms with Crippen molar-refractivity contribution in [2.24, 2.45) is 5.92 Å². The van der Waals surface area contributed by atoms with E-state index < -0.39 is 9.84 Å². The molecule has 3 nitrogen and oxygen atoms in total. The highest BCUT2D eigenvalue weighted by Gasteiger charge is 2.29. The zero-order chi connectivity index (χ0) is 13.9. The van der Waals surface area contributed by atoms with Crippen molar-refractivity contribution in [3.63, 3.8) is 0 Å². The number of nitrogens with one attached hydrogen (secondary N) is 1. The van der Waals surface area contributed by atoms with Gasteiger partial charge in [0.05, 0.1) is 11.5 Å². The number of hydrogen-bond donors (Lipinski definition) is 1. The predicted octanol–water partition coefficient (Wildman–Crippen LogP) is 1.95. The first-order valence-electron chi connectivity index (χ1n) is 6.92. The minimum atomic E-state index is -2.76.